The van der Waals surface area contributed by atoms with Crippen LogP contribution in [0.15, 0.2) is 84.2 Å². The Kier molecular flexibility index (Phi) is 6.37. The first kappa shape index (κ1) is 25.7. The average Bonchev–Trinajstić information content (AvgIpc) is 3.57. The number of carbonyl (C=O) groups excluding carboxylic acids is 1. The standard InChI is InChI=1S/C30H25N9O2/c1-19-22(17-33-36(19)3)14-13-21-9-7-12-25-26(21)30(41)38(23-10-5-4-6-11-23)27(35-25)20(2)39(31)29(40)24-18-34-37-16-8-15-32-28(24)37/h4-12,15-18,20H,31H2,1-3H3/t20-/m0/s1. The molecule has 1 atom stereocenters. The molecule has 0 spiro atoms. The number of fused-ring (bicyclic) bond motifs is 2. The number of aromatic nitrogens is 7. The normalized spacial score (nSPS) is 11.8. The summed E-state index contributed by atoms with van der Waals surface area (Å²) in [5.41, 5.74) is 3.53. The average molecular weight is 544 g/mol. The van der Waals surface area contributed by atoms with Gasteiger partial charge in [-0.05, 0) is 44.2 Å². The Hall–Kier alpha value is -5.60. The lowest BCUT2D eigenvalue weighted by Crippen LogP contribution is -2.42. The number of nitrogens with two attached hydrogens (primary N) is 1. The molecule has 6 aromatic rings. The van der Waals surface area contributed by atoms with Crippen LogP contribution >= 0.6 is 0 Å². The summed E-state index contributed by atoms with van der Waals surface area (Å²) in [5.74, 6) is 12.5. The molecule has 0 unspecified atom stereocenters. The number of rotatable bonds is 4. The fourth-order valence-electron chi connectivity index (χ4n) is 4.63. The molecule has 0 aliphatic rings. The third-order valence-electron chi connectivity index (χ3n) is 7.04. The molecule has 0 aliphatic carbocycles. The monoisotopic (exact) mass is 543 g/mol. The molecule has 0 aliphatic heterocycles. The number of benzene rings is 2. The number of hydrazine groups is 1. The van der Waals surface area contributed by atoms with Gasteiger partial charge in [-0.25, -0.2) is 20.3 Å². The number of nitrogens with zero attached hydrogens (tertiary/aromatic N) is 8. The number of amides is 1. The summed E-state index contributed by atoms with van der Waals surface area (Å²) < 4.78 is 4.72. The molecule has 2 N–H and O–H groups in total. The Morgan fingerprint density at radius 2 is 1.78 bits per heavy atom. The van der Waals surface area contributed by atoms with Gasteiger partial charge in [0.1, 0.15) is 17.4 Å². The lowest BCUT2D eigenvalue weighted by atomic mass is 10.1. The third-order valence-corrected chi connectivity index (χ3v) is 7.04. The van der Waals surface area contributed by atoms with Crippen LogP contribution in [-0.4, -0.2) is 44.8 Å². The van der Waals surface area contributed by atoms with E-state index < -0.39 is 11.9 Å². The van der Waals surface area contributed by atoms with E-state index in [1.807, 2.05) is 32.2 Å². The second-order valence-electron chi connectivity index (χ2n) is 9.50. The minimum Gasteiger partial charge on any atom is -0.272 e. The molecule has 0 bridgehead atoms. The first-order valence-electron chi connectivity index (χ1n) is 12.8. The zero-order chi connectivity index (χ0) is 28.7. The van der Waals surface area contributed by atoms with Crippen LogP contribution in [0.4, 0.5) is 0 Å². The molecule has 0 saturated heterocycles. The Morgan fingerprint density at radius 3 is 2.54 bits per heavy atom. The lowest BCUT2D eigenvalue weighted by molar-refractivity contribution is 0.0682. The second-order valence-corrected chi connectivity index (χ2v) is 9.50. The van der Waals surface area contributed by atoms with E-state index in [9.17, 15) is 9.59 Å². The smallest absolute Gasteiger partial charge is 0.272 e. The van der Waals surface area contributed by atoms with E-state index in [4.69, 9.17) is 10.8 Å². The molecular weight excluding hydrogens is 518 g/mol. The zero-order valence-electron chi connectivity index (χ0n) is 22.6. The highest BCUT2D eigenvalue weighted by molar-refractivity contribution is 5.99. The summed E-state index contributed by atoms with van der Waals surface area (Å²) >= 11 is 0. The van der Waals surface area contributed by atoms with Crippen molar-refractivity contribution >= 4 is 22.5 Å². The van der Waals surface area contributed by atoms with Gasteiger partial charge in [0, 0.05) is 25.0 Å². The highest BCUT2D eigenvalue weighted by atomic mass is 16.2. The van der Waals surface area contributed by atoms with Crippen LogP contribution in [0.5, 0.6) is 0 Å². The molecule has 11 nitrogen and oxygen atoms in total. The maximum absolute atomic E-state index is 14.2. The van der Waals surface area contributed by atoms with Gasteiger partial charge in [-0.2, -0.15) is 10.2 Å². The lowest BCUT2D eigenvalue weighted by Gasteiger charge is -2.26. The van der Waals surface area contributed by atoms with Gasteiger partial charge in [-0.1, -0.05) is 36.1 Å². The van der Waals surface area contributed by atoms with Crippen molar-refractivity contribution in [1.29, 1.82) is 0 Å². The highest BCUT2D eigenvalue weighted by Crippen LogP contribution is 2.24. The first-order valence-corrected chi connectivity index (χ1v) is 12.8. The van der Waals surface area contributed by atoms with Crippen molar-refractivity contribution < 1.29 is 4.79 Å². The molecule has 0 saturated carbocycles. The van der Waals surface area contributed by atoms with Crippen LogP contribution in [0.1, 0.15) is 46.0 Å². The predicted octanol–water partition coefficient (Wildman–Crippen LogP) is 2.95. The summed E-state index contributed by atoms with van der Waals surface area (Å²) in [4.78, 5) is 36.9. The molecule has 4 aromatic heterocycles. The number of para-hydroxylation sites is 1. The van der Waals surface area contributed by atoms with Gasteiger partial charge in [0.05, 0.1) is 40.2 Å². The van der Waals surface area contributed by atoms with E-state index in [1.54, 1.807) is 66.6 Å². The maximum Gasteiger partial charge on any atom is 0.273 e. The van der Waals surface area contributed by atoms with Gasteiger partial charge >= 0.3 is 0 Å². The van der Waals surface area contributed by atoms with Crippen LogP contribution in [0.25, 0.3) is 22.2 Å². The quantitative estimate of drug-likeness (QED) is 0.157. The van der Waals surface area contributed by atoms with Gasteiger partial charge in [0.25, 0.3) is 11.5 Å². The molecule has 11 heteroatoms. The van der Waals surface area contributed by atoms with Gasteiger partial charge in [0.2, 0.25) is 0 Å². The van der Waals surface area contributed by atoms with Gasteiger partial charge < -0.3 is 0 Å². The maximum atomic E-state index is 14.2. The van der Waals surface area contributed by atoms with Gasteiger partial charge in [0.15, 0.2) is 5.65 Å². The van der Waals surface area contributed by atoms with Crippen LogP contribution in [-0.2, 0) is 7.05 Å². The third kappa shape index (κ3) is 4.42. The van der Waals surface area contributed by atoms with Crippen molar-refractivity contribution in [2.45, 2.75) is 19.9 Å². The Bertz CT molecular complexity index is 2060. The van der Waals surface area contributed by atoms with E-state index in [2.05, 4.69) is 27.0 Å². The zero-order valence-corrected chi connectivity index (χ0v) is 22.6. The SMILES string of the molecule is Cc1c(C#Cc2cccc3nc([C@H](C)N(N)C(=O)c4cnn5cccnc45)n(-c4ccccc4)c(=O)c23)cnn1C. The fraction of sp³-hybridized carbons (Fsp3) is 0.133. The molecule has 1 amide bonds. The van der Waals surface area contributed by atoms with Crippen molar-refractivity contribution in [3.05, 3.63) is 118 Å². The van der Waals surface area contributed by atoms with E-state index in [0.717, 1.165) is 16.3 Å². The molecule has 202 valence electrons. The summed E-state index contributed by atoms with van der Waals surface area (Å²) in [7, 11) is 1.85. The van der Waals surface area contributed by atoms with Crippen LogP contribution in [0, 0.1) is 18.8 Å². The van der Waals surface area contributed by atoms with Crippen molar-refractivity contribution in [1.82, 2.24) is 38.9 Å². The molecule has 4 heterocycles. The molecule has 6 rings (SSSR count). The Labute approximate surface area is 234 Å². The van der Waals surface area contributed by atoms with Crippen LogP contribution < -0.4 is 11.4 Å². The molecule has 0 fully saturated rings. The summed E-state index contributed by atoms with van der Waals surface area (Å²) in [6.45, 7) is 3.65. The Morgan fingerprint density at radius 1 is 1.00 bits per heavy atom. The van der Waals surface area contributed by atoms with E-state index in [0.29, 0.717) is 33.6 Å². The summed E-state index contributed by atoms with van der Waals surface area (Å²) in [6.07, 6.45) is 6.38. The summed E-state index contributed by atoms with van der Waals surface area (Å²) in [5, 5.41) is 9.85. The summed E-state index contributed by atoms with van der Waals surface area (Å²) in [6, 6.07) is 15.4. The van der Waals surface area contributed by atoms with Crippen molar-refractivity contribution in [2.75, 3.05) is 0 Å². The molecular formula is C30H25N9O2. The minimum absolute atomic E-state index is 0.234. The predicted molar refractivity (Wildman–Crippen MR) is 153 cm³/mol. The number of aryl methyl sites for hydroxylation is 1. The minimum atomic E-state index is -0.800. The number of hydrogen-bond donors (Lipinski definition) is 1. The van der Waals surface area contributed by atoms with Crippen LogP contribution in [0.3, 0.4) is 0 Å². The molecule has 0 radical (unpaired) electrons. The Balaban J connectivity index is 1.50. The molecule has 2 aromatic carbocycles. The topological polar surface area (TPSA) is 129 Å². The van der Waals surface area contributed by atoms with Crippen LogP contribution in [0.2, 0.25) is 0 Å². The largest absolute Gasteiger partial charge is 0.273 e. The van der Waals surface area contributed by atoms with Gasteiger partial charge in [-0.3, -0.25) is 23.8 Å². The first-order chi connectivity index (χ1) is 19.8. The van der Waals surface area contributed by atoms with E-state index in [-0.39, 0.29) is 11.1 Å². The fourth-order valence-corrected chi connectivity index (χ4v) is 4.63. The van der Waals surface area contributed by atoms with E-state index in [1.165, 1.54) is 15.3 Å². The number of carbonyl (C=O) groups is 1. The van der Waals surface area contributed by atoms with E-state index >= 15 is 0 Å². The van der Waals surface area contributed by atoms with Crippen molar-refractivity contribution in [2.24, 2.45) is 12.9 Å². The van der Waals surface area contributed by atoms with Gasteiger partial charge in [-0.15, -0.1) is 0 Å². The second kappa shape index (κ2) is 10.2. The molecule has 41 heavy (non-hydrogen) atoms. The van der Waals surface area contributed by atoms with Crippen molar-refractivity contribution in [3.63, 3.8) is 0 Å². The highest BCUT2D eigenvalue weighted by Gasteiger charge is 2.28. The van der Waals surface area contributed by atoms with Crippen molar-refractivity contribution in [3.8, 4) is 17.5 Å². The number of hydrogen-bond acceptors (Lipinski definition) is 7.